The number of rotatable bonds is 3. The highest BCUT2D eigenvalue weighted by Crippen LogP contribution is 2.23. The van der Waals surface area contributed by atoms with Crippen molar-refractivity contribution in [3.8, 4) is 0 Å². The topological polar surface area (TPSA) is 98.3 Å². The number of hydrogen-bond acceptors (Lipinski definition) is 4. The molecule has 2 rings (SSSR count). The van der Waals surface area contributed by atoms with Crippen LogP contribution in [0.15, 0.2) is 40.9 Å². The van der Waals surface area contributed by atoms with Crippen molar-refractivity contribution in [3.05, 3.63) is 62.1 Å². The molecule has 7 heteroatoms. The molecule has 2 aromatic carbocycles. The van der Waals surface area contributed by atoms with E-state index in [4.69, 9.17) is 5.73 Å². The van der Waals surface area contributed by atoms with Gasteiger partial charge in [0.1, 0.15) is 0 Å². The fourth-order valence-corrected chi connectivity index (χ4v) is 2.07. The Labute approximate surface area is 129 Å². The van der Waals surface area contributed by atoms with E-state index in [2.05, 4.69) is 21.2 Å². The number of nitro benzene ring substituents is 1. The molecule has 0 spiro atoms. The van der Waals surface area contributed by atoms with Crippen LogP contribution in [0.2, 0.25) is 0 Å². The third kappa shape index (κ3) is 3.38. The fraction of sp³-hybridized carbons (Fsp3) is 0.0714. The summed E-state index contributed by atoms with van der Waals surface area (Å²) in [7, 11) is 0. The minimum Gasteiger partial charge on any atom is -0.398 e. The minimum absolute atomic E-state index is 0.0147. The Hall–Kier alpha value is -2.41. The summed E-state index contributed by atoms with van der Waals surface area (Å²) >= 11 is 3.26. The molecule has 0 unspecified atom stereocenters. The van der Waals surface area contributed by atoms with Crippen molar-refractivity contribution >= 4 is 38.9 Å². The van der Waals surface area contributed by atoms with Gasteiger partial charge in [-0.1, -0.05) is 0 Å². The molecule has 0 atom stereocenters. The van der Waals surface area contributed by atoms with Gasteiger partial charge in [0.05, 0.1) is 4.92 Å². The van der Waals surface area contributed by atoms with Crippen LogP contribution in [0.4, 0.5) is 17.1 Å². The van der Waals surface area contributed by atoms with E-state index in [-0.39, 0.29) is 11.6 Å². The number of nitrogens with two attached hydrogens (primary N) is 1. The Bertz CT molecular complexity index is 731. The smallest absolute Gasteiger partial charge is 0.272 e. The van der Waals surface area contributed by atoms with Gasteiger partial charge in [-0.3, -0.25) is 14.9 Å². The number of amides is 1. The van der Waals surface area contributed by atoms with Gasteiger partial charge >= 0.3 is 0 Å². The predicted molar refractivity (Wildman–Crippen MR) is 84.3 cm³/mol. The lowest BCUT2D eigenvalue weighted by Gasteiger charge is -2.07. The number of hydrogen-bond donors (Lipinski definition) is 2. The zero-order valence-corrected chi connectivity index (χ0v) is 12.7. The Balaban J connectivity index is 2.21. The largest absolute Gasteiger partial charge is 0.398 e. The first-order valence-corrected chi connectivity index (χ1v) is 6.79. The number of aryl methyl sites for hydroxylation is 1. The van der Waals surface area contributed by atoms with Crippen LogP contribution in [0.1, 0.15) is 15.9 Å². The van der Waals surface area contributed by atoms with E-state index >= 15 is 0 Å². The lowest BCUT2D eigenvalue weighted by atomic mass is 10.1. The van der Waals surface area contributed by atoms with Crippen LogP contribution in [0.5, 0.6) is 0 Å². The molecule has 21 heavy (non-hydrogen) atoms. The number of nitrogens with one attached hydrogen (secondary N) is 1. The fourth-order valence-electron chi connectivity index (χ4n) is 1.83. The van der Waals surface area contributed by atoms with Gasteiger partial charge in [0.25, 0.3) is 11.6 Å². The molecule has 0 aromatic heterocycles. The molecule has 0 saturated heterocycles. The molecule has 0 bridgehead atoms. The van der Waals surface area contributed by atoms with Crippen molar-refractivity contribution in [1.29, 1.82) is 0 Å². The third-order valence-corrected chi connectivity index (χ3v) is 3.63. The molecule has 0 fully saturated rings. The van der Waals surface area contributed by atoms with Gasteiger partial charge in [0.2, 0.25) is 0 Å². The maximum Gasteiger partial charge on any atom is 0.272 e. The second kappa shape index (κ2) is 5.92. The third-order valence-electron chi connectivity index (χ3n) is 2.91. The molecule has 3 N–H and O–H groups in total. The van der Waals surface area contributed by atoms with Gasteiger partial charge in [0, 0.05) is 33.0 Å². The molecule has 0 heterocycles. The number of nitrogen functional groups attached to an aromatic ring is 1. The molecule has 0 aliphatic rings. The Kier molecular flexibility index (Phi) is 4.23. The first kappa shape index (κ1) is 15.0. The average molecular weight is 350 g/mol. The second-order valence-corrected chi connectivity index (χ2v) is 5.30. The van der Waals surface area contributed by atoms with Crippen LogP contribution in [0.25, 0.3) is 0 Å². The number of carbonyl (C=O) groups is 1. The predicted octanol–water partition coefficient (Wildman–Crippen LogP) is 3.50. The van der Waals surface area contributed by atoms with E-state index < -0.39 is 4.92 Å². The van der Waals surface area contributed by atoms with E-state index in [1.165, 1.54) is 12.1 Å². The maximum absolute atomic E-state index is 12.1. The highest BCUT2D eigenvalue weighted by atomic mass is 79.9. The molecular weight excluding hydrogens is 338 g/mol. The van der Waals surface area contributed by atoms with E-state index in [1.807, 2.05) is 0 Å². The van der Waals surface area contributed by atoms with Gasteiger partial charge in [-0.05, 0) is 53.2 Å². The van der Waals surface area contributed by atoms with Crippen molar-refractivity contribution in [3.63, 3.8) is 0 Å². The van der Waals surface area contributed by atoms with E-state index in [9.17, 15) is 14.9 Å². The molecule has 0 radical (unpaired) electrons. The van der Waals surface area contributed by atoms with E-state index in [1.54, 1.807) is 31.2 Å². The summed E-state index contributed by atoms with van der Waals surface area (Å²) in [6.07, 6.45) is 0. The maximum atomic E-state index is 12.1. The van der Waals surface area contributed by atoms with E-state index in [0.29, 0.717) is 27.0 Å². The highest BCUT2D eigenvalue weighted by molar-refractivity contribution is 9.10. The molecule has 0 aliphatic carbocycles. The normalized spacial score (nSPS) is 10.2. The lowest BCUT2D eigenvalue weighted by molar-refractivity contribution is -0.385. The Morgan fingerprint density at radius 2 is 2.00 bits per heavy atom. The molecule has 6 nitrogen and oxygen atoms in total. The summed E-state index contributed by atoms with van der Waals surface area (Å²) in [5.41, 5.74) is 7.58. The number of carbonyl (C=O) groups excluding carboxylic acids is 1. The zero-order valence-electron chi connectivity index (χ0n) is 11.1. The zero-order chi connectivity index (χ0) is 15.6. The van der Waals surface area contributed by atoms with Gasteiger partial charge in [-0.2, -0.15) is 0 Å². The summed E-state index contributed by atoms with van der Waals surface area (Å²) in [6, 6.07) is 9.28. The SMILES string of the molecule is Cc1cc(NC(=O)c2ccc(Br)c(N)c2)ccc1[N+](=O)[O-]. The second-order valence-electron chi connectivity index (χ2n) is 4.45. The monoisotopic (exact) mass is 349 g/mol. The molecular formula is C14H12BrN3O3. The quantitative estimate of drug-likeness (QED) is 0.503. The molecule has 0 aliphatic heterocycles. The van der Waals surface area contributed by atoms with E-state index in [0.717, 1.165) is 0 Å². The van der Waals surface area contributed by atoms with Crippen LogP contribution in [-0.2, 0) is 0 Å². The number of nitrogens with zero attached hydrogens (tertiary/aromatic N) is 1. The number of benzene rings is 2. The van der Waals surface area contributed by atoms with Crippen LogP contribution in [0.3, 0.4) is 0 Å². The Morgan fingerprint density at radius 3 is 2.57 bits per heavy atom. The van der Waals surface area contributed by atoms with Gasteiger partial charge in [-0.25, -0.2) is 0 Å². The summed E-state index contributed by atoms with van der Waals surface area (Å²) in [5, 5.41) is 13.4. The summed E-state index contributed by atoms with van der Waals surface area (Å²) in [6.45, 7) is 1.62. The molecule has 0 saturated carbocycles. The van der Waals surface area contributed by atoms with Crippen molar-refractivity contribution in [2.45, 2.75) is 6.92 Å². The lowest BCUT2D eigenvalue weighted by Crippen LogP contribution is -2.12. The molecule has 108 valence electrons. The summed E-state index contributed by atoms with van der Waals surface area (Å²) < 4.78 is 0.713. The van der Waals surface area contributed by atoms with Crippen LogP contribution >= 0.6 is 15.9 Å². The van der Waals surface area contributed by atoms with Gasteiger partial charge in [0.15, 0.2) is 0 Å². The van der Waals surface area contributed by atoms with Crippen LogP contribution in [-0.4, -0.2) is 10.8 Å². The summed E-state index contributed by atoms with van der Waals surface area (Å²) in [5.74, 6) is -0.331. The van der Waals surface area contributed by atoms with Crippen molar-refractivity contribution in [2.24, 2.45) is 0 Å². The first-order valence-electron chi connectivity index (χ1n) is 6.00. The number of halogens is 1. The van der Waals surface area contributed by atoms with Crippen LogP contribution < -0.4 is 11.1 Å². The number of nitro groups is 1. The molecule has 2 aromatic rings. The van der Waals surface area contributed by atoms with Crippen molar-refractivity contribution in [2.75, 3.05) is 11.1 Å². The van der Waals surface area contributed by atoms with Gasteiger partial charge < -0.3 is 11.1 Å². The van der Waals surface area contributed by atoms with Gasteiger partial charge in [-0.15, -0.1) is 0 Å². The molecule has 1 amide bonds. The van der Waals surface area contributed by atoms with Crippen molar-refractivity contribution < 1.29 is 9.72 Å². The minimum atomic E-state index is -0.462. The summed E-state index contributed by atoms with van der Waals surface area (Å²) in [4.78, 5) is 22.4. The first-order chi connectivity index (χ1) is 9.88. The van der Waals surface area contributed by atoms with Crippen molar-refractivity contribution in [1.82, 2.24) is 0 Å². The average Bonchev–Trinajstić information content (AvgIpc) is 2.41. The Morgan fingerprint density at radius 1 is 1.29 bits per heavy atom. The standard InChI is InChI=1S/C14H12BrN3O3/c1-8-6-10(3-5-13(8)18(20)21)17-14(19)9-2-4-11(15)12(16)7-9/h2-7H,16H2,1H3,(H,17,19). The van der Waals surface area contributed by atoms with Crippen LogP contribution in [0, 0.1) is 17.0 Å². The highest BCUT2D eigenvalue weighted by Gasteiger charge is 2.12. The number of anilines is 2.